The third kappa shape index (κ3) is 8.94. The van der Waals surface area contributed by atoms with Crippen LogP contribution in [0.25, 0.3) is 11.1 Å². The summed E-state index contributed by atoms with van der Waals surface area (Å²) in [5, 5.41) is 14.3. The molecular weight excluding hydrogens is 462 g/mol. The van der Waals surface area contributed by atoms with E-state index < -0.39 is 6.10 Å². The second-order valence-electron chi connectivity index (χ2n) is 11.3. The molecule has 5 heteroatoms. The fourth-order valence-electron chi connectivity index (χ4n) is 5.54. The van der Waals surface area contributed by atoms with Gasteiger partial charge in [-0.2, -0.15) is 0 Å². The first-order valence-electron chi connectivity index (χ1n) is 14.1. The molecule has 2 aromatic carbocycles. The molecule has 0 spiro atoms. The topological polar surface area (TPSA) is 67.8 Å². The molecule has 2 atom stereocenters. The summed E-state index contributed by atoms with van der Waals surface area (Å²) in [5.74, 6) is 0.487. The standard InChI is InChI=1S/C32H47NO4/c1-6-36-31(35)28-18-17-26(19-23(28)2)30-16-12-11-15-29(30)24(3)37-22-27(34)21-33-32(4,5)20-25-13-9-7-8-10-14-25/h11-12,15-19,24-25,27,33-34H,6-10,13-14,20-22H2,1-5H3. The summed E-state index contributed by atoms with van der Waals surface area (Å²) in [5.41, 5.74) is 4.61. The summed E-state index contributed by atoms with van der Waals surface area (Å²) in [7, 11) is 0. The van der Waals surface area contributed by atoms with Gasteiger partial charge in [0.05, 0.1) is 31.0 Å². The van der Waals surface area contributed by atoms with Crippen molar-refractivity contribution in [2.24, 2.45) is 5.92 Å². The van der Waals surface area contributed by atoms with E-state index >= 15 is 0 Å². The average molecular weight is 510 g/mol. The lowest BCUT2D eigenvalue weighted by atomic mass is 9.86. The second kappa shape index (κ2) is 14.1. The molecule has 2 aromatic rings. The van der Waals surface area contributed by atoms with Crippen LogP contribution in [0.1, 0.15) is 100 Å². The highest BCUT2D eigenvalue weighted by Crippen LogP contribution is 2.32. The predicted molar refractivity (Wildman–Crippen MR) is 151 cm³/mol. The van der Waals surface area contributed by atoms with Crippen molar-refractivity contribution in [3.05, 3.63) is 59.2 Å². The maximum absolute atomic E-state index is 12.2. The number of carbonyl (C=O) groups excluding carboxylic acids is 1. The Morgan fingerprint density at radius 2 is 1.81 bits per heavy atom. The summed E-state index contributed by atoms with van der Waals surface area (Å²) < 4.78 is 11.3. The van der Waals surface area contributed by atoms with Crippen LogP contribution in [0.3, 0.4) is 0 Å². The van der Waals surface area contributed by atoms with Crippen molar-refractivity contribution in [2.75, 3.05) is 19.8 Å². The Kier molecular flexibility index (Phi) is 11.2. The number of esters is 1. The normalized spacial score (nSPS) is 16.7. The van der Waals surface area contributed by atoms with E-state index in [2.05, 4.69) is 31.3 Å². The number of β-amino-alcohol motifs (C(OH)–C–C–N with tert-alkyl or cyclic N) is 1. The minimum Gasteiger partial charge on any atom is -0.462 e. The van der Waals surface area contributed by atoms with Gasteiger partial charge in [-0.05, 0) is 75.3 Å². The zero-order valence-electron chi connectivity index (χ0n) is 23.5. The number of rotatable bonds is 12. The van der Waals surface area contributed by atoms with Crippen LogP contribution in [-0.4, -0.2) is 42.5 Å². The number of aliphatic hydroxyl groups is 1. The van der Waals surface area contributed by atoms with Crippen molar-refractivity contribution in [3.63, 3.8) is 0 Å². The van der Waals surface area contributed by atoms with Crippen molar-refractivity contribution in [1.29, 1.82) is 0 Å². The summed E-state index contributed by atoms with van der Waals surface area (Å²) in [6, 6.07) is 14.0. The molecule has 2 unspecified atom stereocenters. The van der Waals surface area contributed by atoms with Crippen molar-refractivity contribution < 1.29 is 19.4 Å². The Labute approximate surface area is 224 Å². The van der Waals surface area contributed by atoms with Gasteiger partial charge < -0.3 is 19.9 Å². The van der Waals surface area contributed by atoms with Gasteiger partial charge in [0.2, 0.25) is 0 Å². The van der Waals surface area contributed by atoms with Crippen molar-refractivity contribution in [3.8, 4) is 11.1 Å². The van der Waals surface area contributed by atoms with E-state index in [0.717, 1.165) is 34.6 Å². The number of carbonyl (C=O) groups is 1. The highest BCUT2D eigenvalue weighted by atomic mass is 16.5. The van der Waals surface area contributed by atoms with Crippen LogP contribution in [0.4, 0.5) is 0 Å². The molecular formula is C32H47NO4. The first-order valence-corrected chi connectivity index (χ1v) is 14.1. The number of benzene rings is 2. The van der Waals surface area contributed by atoms with E-state index in [9.17, 15) is 9.90 Å². The number of hydrogen-bond acceptors (Lipinski definition) is 5. The molecule has 5 nitrogen and oxygen atoms in total. The molecule has 0 amide bonds. The summed E-state index contributed by atoms with van der Waals surface area (Å²) >= 11 is 0. The van der Waals surface area contributed by atoms with Crippen LogP contribution in [0.15, 0.2) is 42.5 Å². The van der Waals surface area contributed by atoms with E-state index in [0.29, 0.717) is 18.7 Å². The van der Waals surface area contributed by atoms with Gasteiger partial charge >= 0.3 is 5.97 Å². The van der Waals surface area contributed by atoms with Crippen LogP contribution in [-0.2, 0) is 9.47 Å². The molecule has 0 bridgehead atoms. The highest BCUT2D eigenvalue weighted by Gasteiger charge is 2.25. The Bertz CT molecular complexity index is 994. The number of aliphatic hydroxyl groups excluding tert-OH is 1. The molecule has 0 heterocycles. The second-order valence-corrected chi connectivity index (χ2v) is 11.3. The Balaban J connectivity index is 1.56. The van der Waals surface area contributed by atoms with Gasteiger partial charge in [0.25, 0.3) is 0 Å². The van der Waals surface area contributed by atoms with Gasteiger partial charge in [-0.1, -0.05) is 74.9 Å². The SMILES string of the molecule is CCOC(=O)c1ccc(-c2ccccc2C(C)OCC(O)CNC(C)(C)CC2CCCCCC2)cc1C. The quantitative estimate of drug-likeness (QED) is 0.238. The Hall–Kier alpha value is -2.21. The zero-order valence-corrected chi connectivity index (χ0v) is 23.5. The van der Waals surface area contributed by atoms with Crippen LogP contribution in [0.2, 0.25) is 0 Å². The Morgan fingerprint density at radius 1 is 1.11 bits per heavy atom. The number of hydrogen-bond donors (Lipinski definition) is 2. The molecule has 0 radical (unpaired) electrons. The molecule has 2 N–H and O–H groups in total. The third-order valence-electron chi connectivity index (χ3n) is 7.56. The van der Waals surface area contributed by atoms with Gasteiger partial charge in [-0.3, -0.25) is 0 Å². The molecule has 3 rings (SSSR count). The first-order chi connectivity index (χ1) is 17.7. The number of nitrogens with one attached hydrogen (secondary N) is 1. The van der Waals surface area contributed by atoms with E-state index in [4.69, 9.17) is 9.47 Å². The fraction of sp³-hybridized carbons (Fsp3) is 0.594. The maximum atomic E-state index is 12.2. The molecule has 0 aliphatic heterocycles. The molecule has 1 saturated carbocycles. The first kappa shape index (κ1) is 29.3. The van der Waals surface area contributed by atoms with Gasteiger partial charge in [-0.15, -0.1) is 0 Å². The minimum atomic E-state index is -0.575. The maximum Gasteiger partial charge on any atom is 0.338 e. The Morgan fingerprint density at radius 3 is 2.49 bits per heavy atom. The van der Waals surface area contributed by atoms with E-state index in [1.165, 1.54) is 38.5 Å². The van der Waals surface area contributed by atoms with Crippen LogP contribution in [0, 0.1) is 12.8 Å². The van der Waals surface area contributed by atoms with E-state index in [1.807, 2.05) is 51.1 Å². The third-order valence-corrected chi connectivity index (χ3v) is 7.56. The molecule has 0 aromatic heterocycles. The van der Waals surface area contributed by atoms with E-state index in [-0.39, 0.29) is 24.2 Å². The smallest absolute Gasteiger partial charge is 0.338 e. The number of aryl methyl sites for hydroxylation is 1. The van der Waals surface area contributed by atoms with Gasteiger partial charge in [0, 0.05) is 12.1 Å². The van der Waals surface area contributed by atoms with Crippen LogP contribution < -0.4 is 5.32 Å². The molecule has 0 saturated heterocycles. The largest absolute Gasteiger partial charge is 0.462 e. The molecule has 37 heavy (non-hydrogen) atoms. The fourth-order valence-corrected chi connectivity index (χ4v) is 5.54. The zero-order chi connectivity index (χ0) is 26.8. The lowest BCUT2D eigenvalue weighted by molar-refractivity contribution is -0.00446. The molecule has 1 aliphatic rings. The van der Waals surface area contributed by atoms with Gasteiger partial charge in [0.15, 0.2) is 0 Å². The van der Waals surface area contributed by atoms with Gasteiger partial charge in [0.1, 0.15) is 0 Å². The number of ether oxygens (including phenoxy) is 2. The predicted octanol–water partition coefficient (Wildman–Crippen LogP) is 7.01. The van der Waals surface area contributed by atoms with Crippen LogP contribution in [0.5, 0.6) is 0 Å². The molecule has 1 fully saturated rings. The average Bonchev–Trinajstić information content (AvgIpc) is 3.14. The van der Waals surface area contributed by atoms with Crippen molar-refractivity contribution in [2.45, 2.75) is 97.3 Å². The molecule has 1 aliphatic carbocycles. The van der Waals surface area contributed by atoms with Gasteiger partial charge in [-0.25, -0.2) is 4.79 Å². The summed E-state index contributed by atoms with van der Waals surface area (Å²) in [4.78, 5) is 12.2. The van der Waals surface area contributed by atoms with Crippen molar-refractivity contribution >= 4 is 5.97 Å². The van der Waals surface area contributed by atoms with E-state index in [1.54, 1.807) is 0 Å². The highest BCUT2D eigenvalue weighted by molar-refractivity contribution is 5.92. The van der Waals surface area contributed by atoms with Crippen molar-refractivity contribution in [1.82, 2.24) is 5.32 Å². The lowest BCUT2D eigenvalue weighted by Crippen LogP contribution is -2.45. The van der Waals surface area contributed by atoms with Crippen LogP contribution >= 0.6 is 0 Å². The summed E-state index contributed by atoms with van der Waals surface area (Å²) in [6.45, 7) is 11.4. The molecule has 204 valence electrons. The minimum absolute atomic E-state index is 0.00176. The summed E-state index contributed by atoms with van der Waals surface area (Å²) in [6.07, 6.45) is 8.51. The monoisotopic (exact) mass is 509 g/mol. The lowest BCUT2D eigenvalue weighted by Gasteiger charge is -2.32.